The largest absolute Gasteiger partial charge is 0.383 e. The lowest BCUT2D eigenvalue weighted by Crippen LogP contribution is -2.09. The molecule has 0 aliphatic heterocycles. The molecule has 3 aromatic rings. The maximum absolute atomic E-state index is 6.28. The molecular weight excluding hydrogens is 352 g/mol. The second kappa shape index (κ2) is 5.24. The van der Waals surface area contributed by atoms with E-state index in [0.717, 1.165) is 27.1 Å². The number of rotatable bonds is 2. The van der Waals surface area contributed by atoms with Gasteiger partial charge in [-0.05, 0) is 24.3 Å². The molecule has 0 aliphatic rings. The highest BCUT2D eigenvalue weighted by Crippen LogP contribution is 2.34. The van der Waals surface area contributed by atoms with Gasteiger partial charge in [0.15, 0.2) is 0 Å². The number of nitrogen functional groups attached to an aromatic ring is 1. The summed E-state index contributed by atoms with van der Waals surface area (Å²) in [6.45, 7) is 0. The van der Waals surface area contributed by atoms with E-state index < -0.39 is 0 Å². The van der Waals surface area contributed by atoms with Crippen molar-refractivity contribution < 1.29 is 0 Å². The molecule has 2 heterocycles. The third-order valence-corrected chi connectivity index (χ3v) is 4.23. The fourth-order valence-corrected chi connectivity index (χ4v) is 3.07. The highest BCUT2D eigenvalue weighted by atomic mass is 79.9. The Bertz CT molecular complexity index is 826. The summed E-state index contributed by atoms with van der Waals surface area (Å²) in [5.74, 6) is 0.608. The number of halogens is 2. The van der Waals surface area contributed by atoms with Crippen LogP contribution in [0.4, 0.5) is 11.5 Å². The van der Waals surface area contributed by atoms with Crippen molar-refractivity contribution in [1.82, 2.24) is 9.38 Å². The molecule has 2 aromatic heterocycles. The lowest BCUT2D eigenvalue weighted by atomic mass is 10.1. The number of hydrogen-bond donors (Lipinski definition) is 1. The van der Waals surface area contributed by atoms with Gasteiger partial charge in [0.2, 0.25) is 0 Å². The Labute approximate surface area is 136 Å². The number of nitrogens with zero attached hydrogens (tertiary/aromatic N) is 3. The molecule has 0 fully saturated rings. The van der Waals surface area contributed by atoms with Crippen LogP contribution in [0.25, 0.3) is 16.9 Å². The van der Waals surface area contributed by atoms with Crippen LogP contribution in [0, 0.1) is 0 Å². The Morgan fingerprint density at radius 1 is 1.24 bits per heavy atom. The lowest BCUT2D eigenvalue weighted by molar-refractivity contribution is 1.09. The van der Waals surface area contributed by atoms with Crippen molar-refractivity contribution in [2.45, 2.75) is 0 Å². The van der Waals surface area contributed by atoms with E-state index in [1.807, 2.05) is 59.9 Å². The van der Waals surface area contributed by atoms with E-state index in [2.05, 4.69) is 20.9 Å². The summed E-state index contributed by atoms with van der Waals surface area (Å²) in [6.07, 6.45) is 1.98. The average molecular weight is 366 g/mol. The van der Waals surface area contributed by atoms with Crippen LogP contribution in [0.5, 0.6) is 0 Å². The number of benzene rings is 1. The topological polar surface area (TPSA) is 46.6 Å². The number of hydrogen-bond acceptors (Lipinski definition) is 3. The number of aromatic nitrogens is 2. The Hall–Kier alpha value is -1.72. The lowest BCUT2D eigenvalue weighted by Gasteiger charge is -2.12. The minimum absolute atomic E-state index is 0.608. The number of anilines is 2. The third-order valence-electron chi connectivity index (χ3n) is 3.34. The van der Waals surface area contributed by atoms with Crippen molar-refractivity contribution in [2.75, 3.05) is 24.7 Å². The summed E-state index contributed by atoms with van der Waals surface area (Å²) in [4.78, 5) is 6.64. The van der Waals surface area contributed by atoms with Crippen LogP contribution in [0.15, 0.2) is 41.0 Å². The molecular formula is C15H14BrClN4. The summed E-state index contributed by atoms with van der Waals surface area (Å²) in [5.41, 5.74) is 9.82. The fraction of sp³-hybridized carbons (Fsp3) is 0.133. The first kappa shape index (κ1) is 14.2. The molecule has 0 saturated carbocycles. The first-order valence-electron chi connectivity index (χ1n) is 6.37. The fourth-order valence-electron chi connectivity index (χ4n) is 2.20. The van der Waals surface area contributed by atoms with E-state index in [1.54, 1.807) is 0 Å². The Morgan fingerprint density at radius 3 is 2.67 bits per heavy atom. The van der Waals surface area contributed by atoms with Crippen LogP contribution in [-0.2, 0) is 0 Å². The smallest absolute Gasteiger partial charge is 0.139 e. The highest BCUT2D eigenvalue weighted by molar-refractivity contribution is 9.10. The van der Waals surface area contributed by atoms with Gasteiger partial charge in [0.25, 0.3) is 0 Å². The van der Waals surface area contributed by atoms with Gasteiger partial charge in [-0.15, -0.1) is 0 Å². The molecule has 0 spiro atoms. The zero-order chi connectivity index (χ0) is 15.1. The molecule has 0 bridgehead atoms. The minimum Gasteiger partial charge on any atom is -0.383 e. The molecule has 3 rings (SSSR count). The Morgan fingerprint density at radius 2 is 2.00 bits per heavy atom. The van der Waals surface area contributed by atoms with Gasteiger partial charge in [-0.1, -0.05) is 33.6 Å². The van der Waals surface area contributed by atoms with Crippen molar-refractivity contribution in [3.8, 4) is 11.3 Å². The van der Waals surface area contributed by atoms with E-state index in [0.29, 0.717) is 10.8 Å². The normalized spacial score (nSPS) is 11.0. The molecule has 0 unspecified atom stereocenters. The molecule has 108 valence electrons. The zero-order valence-electron chi connectivity index (χ0n) is 11.6. The number of nitrogens with two attached hydrogens (primary N) is 1. The van der Waals surface area contributed by atoms with Gasteiger partial charge in [-0.25, -0.2) is 4.98 Å². The SMILES string of the molecule is CN(C)c1ccc2nc(-c3ccc(Cl)cc3Br)c(N)n2c1. The predicted molar refractivity (Wildman–Crippen MR) is 92.1 cm³/mol. The van der Waals surface area contributed by atoms with Crippen molar-refractivity contribution in [2.24, 2.45) is 0 Å². The number of pyridine rings is 1. The quantitative estimate of drug-likeness (QED) is 0.745. The predicted octanol–water partition coefficient (Wildman–Crippen LogP) is 4.07. The third kappa shape index (κ3) is 2.47. The van der Waals surface area contributed by atoms with Crippen molar-refractivity contribution in [1.29, 1.82) is 0 Å². The van der Waals surface area contributed by atoms with Gasteiger partial charge >= 0.3 is 0 Å². The standard InChI is InChI=1S/C15H14BrClN4/c1-20(2)10-4-6-13-19-14(15(18)21(13)8-10)11-5-3-9(17)7-12(11)16/h3-8H,18H2,1-2H3. The van der Waals surface area contributed by atoms with Crippen molar-refractivity contribution in [3.05, 3.63) is 46.0 Å². The van der Waals surface area contributed by atoms with Crippen molar-refractivity contribution in [3.63, 3.8) is 0 Å². The van der Waals surface area contributed by atoms with Gasteiger partial charge in [0.05, 0.1) is 5.69 Å². The van der Waals surface area contributed by atoms with E-state index >= 15 is 0 Å². The molecule has 0 atom stereocenters. The van der Waals surface area contributed by atoms with Crippen LogP contribution < -0.4 is 10.6 Å². The Kier molecular flexibility index (Phi) is 3.55. The second-order valence-corrected chi connectivity index (χ2v) is 6.27. The molecule has 4 nitrogen and oxygen atoms in total. The maximum Gasteiger partial charge on any atom is 0.139 e. The molecule has 0 aliphatic carbocycles. The van der Waals surface area contributed by atoms with Crippen LogP contribution in [-0.4, -0.2) is 23.5 Å². The average Bonchev–Trinajstić information content (AvgIpc) is 2.75. The number of fused-ring (bicyclic) bond motifs is 1. The van der Waals surface area contributed by atoms with E-state index in [4.69, 9.17) is 17.3 Å². The molecule has 0 radical (unpaired) electrons. The van der Waals surface area contributed by atoms with Crippen molar-refractivity contribution >= 4 is 44.7 Å². The Balaban J connectivity index is 2.22. The molecule has 1 aromatic carbocycles. The summed E-state index contributed by atoms with van der Waals surface area (Å²) < 4.78 is 2.77. The van der Waals surface area contributed by atoms with Crippen LogP contribution in [0.1, 0.15) is 0 Å². The highest BCUT2D eigenvalue weighted by Gasteiger charge is 2.14. The minimum atomic E-state index is 0.608. The van der Waals surface area contributed by atoms with Gasteiger partial charge in [-0.2, -0.15) is 0 Å². The summed E-state index contributed by atoms with van der Waals surface area (Å²) in [5, 5.41) is 0.669. The van der Waals surface area contributed by atoms with Gasteiger partial charge in [-0.3, -0.25) is 4.40 Å². The maximum atomic E-state index is 6.28. The molecule has 6 heteroatoms. The van der Waals surface area contributed by atoms with Gasteiger partial charge in [0, 0.05) is 35.4 Å². The van der Waals surface area contributed by atoms with Crippen LogP contribution in [0.2, 0.25) is 5.02 Å². The molecule has 21 heavy (non-hydrogen) atoms. The first-order valence-corrected chi connectivity index (χ1v) is 7.55. The summed E-state index contributed by atoms with van der Waals surface area (Å²) >= 11 is 9.50. The van der Waals surface area contributed by atoms with E-state index in [9.17, 15) is 0 Å². The zero-order valence-corrected chi connectivity index (χ0v) is 14.0. The second-order valence-electron chi connectivity index (χ2n) is 4.98. The first-order chi connectivity index (χ1) is 9.97. The van der Waals surface area contributed by atoms with Gasteiger partial charge < -0.3 is 10.6 Å². The number of imidazole rings is 1. The van der Waals surface area contributed by atoms with E-state index in [-0.39, 0.29) is 0 Å². The summed E-state index contributed by atoms with van der Waals surface area (Å²) in [6, 6.07) is 9.56. The van der Waals surface area contributed by atoms with Gasteiger partial charge in [0.1, 0.15) is 17.2 Å². The molecule has 2 N–H and O–H groups in total. The van der Waals surface area contributed by atoms with E-state index in [1.165, 1.54) is 0 Å². The van der Waals surface area contributed by atoms with Crippen LogP contribution >= 0.6 is 27.5 Å². The monoisotopic (exact) mass is 364 g/mol. The van der Waals surface area contributed by atoms with Crippen LogP contribution in [0.3, 0.4) is 0 Å². The molecule has 0 saturated heterocycles. The summed E-state index contributed by atoms with van der Waals surface area (Å²) in [7, 11) is 3.98. The molecule has 0 amide bonds.